The van der Waals surface area contributed by atoms with Crippen LogP contribution in [0.1, 0.15) is 36.3 Å². The molecule has 0 aliphatic carbocycles. The molecule has 0 fully saturated rings. The van der Waals surface area contributed by atoms with Crippen LogP contribution in [0.3, 0.4) is 0 Å². The van der Waals surface area contributed by atoms with Crippen LogP contribution in [-0.4, -0.2) is 29.0 Å². The highest BCUT2D eigenvalue weighted by atomic mass is 16.5. The van der Waals surface area contributed by atoms with E-state index in [0.717, 1.165) is 42.1 Å². The monoisotopic (exact) mass is 314 g/mol. The molecule has 0 saturated carbocycles. The van der Waals surface area contributed by atoms with Crippen LogP contribution >= 0.6 is 0 Å². The Balaban J connectivity index is 1.64. The van der Waals surface area contributed by atoms with Gasteiger partial charge in [0.15, 0.2) is 0 Å². The number of fused-ring (bicyclic) bond motifs is 1. The first-order valence-electron chi connectivity index (χ1n) is 8.03. The maximum Gasteiger partial charge on any atom is 0.243 e. The van der Waals surface area contributed by atoms with Gasteiger partial charge in [-0.25, -0.2) is 4.98 Å². The largest absolute Gasteiger partial charge is 0.493 e. The van der Waals surface area contributed by atoms with Crippen molar-refractivity contribution < 1.29 is 9.53 Å². The summed E-state index contributed by atoms with van der Waals surface area (Å²) >= 11 is 0. The molecule has 6 nitrogen and oxygen atoms in total. The number of para-hydroxylation sites is 1. The second-order valence-electron chi connectivity index (χ2n) is 5.58. The lowest BCUT2D eigenvalue weighted by Gasteiger charge is -2.22. The van der Waals surface area contributed by atoms with Crippen molar-refractivity contribution in [1.82, 2.24) is 20.6 Å². The molecule has 122 valence electrons. The number of hydrogen-bond donors (Lipinski definition) is 3. The summed E-state index contributed by atoms with van der Waals surface area (Å²) in [5, 5.41) is 6.20. The van der Waals surface area contributed by atoms with Gasteiger partial charge in [-0.15, -0.1) is 0 Å². The van der Waals surface area contributed by atoms with Crippen molar-refractivity contribution in [2.45, 2.75) is 32.4 Å². The first kappa shape index (κ1) is 15.6. The van der Waals surface area contributed by atoms with Crippen LogP contribution in [-0.2, 0) is 17.8 Å². The minimum absolute atomic E-state index is 0.0663. The van der Waals surface area contributed by atoms with E-state index < -0.39 is 6.04 Å². The van der Waals surface area contributed by atoms with Gasteiger partial charge >= 0.3 is 0 Å². The third-order valence-corrected chi connectivity index (χ3v) is 3.90. The van der Waals surface area contributed by atoms with Crippen LogP contribution in [0.4, 0.5) is 0 Å². The number of aromatic amines is 1. The van der Waals surface area contributed by atoms with E-state index in [1.807, 2.05) is 24.3 Å². The molecule has 1 aliphatic heterocycles. The molecule has 0 bridgehead atoms. The first-order chi connectivity index (χ1) is 11.3. The van der Waals surface area contributed by atoms with Gasteiger partial charge in [-0.1, -0.05) is 25.1 Å². The standard InChI is InChI=1S/C17H22N4O2/c1-2-9-23-14-6-4-3-5-12(14)10-19-17(22)16-15-13(7-8-18-16)20-11-21-15/h3-6,11,16,18H,2,7-10H2,1H3,(H,19,22)(H,20,21). The van der Waals surface area contributed by atoms with Crippen molar-refractivity contribution in [2.24, 2.45) is 0 Å². The zero-order valence-corrected chi connectivity index (χ0v) is 13.3. The highest BCUT2D eigenvalue weighted by molar-refractivity contribution is 5.83. The Hall–Kier alpha value is -2.34. The summed E-state index contributed by atoms with van der Waals surface area (Å²) in [5.74, 6) is 0.759. The third kappa shape index (κ3) is 3.53. The summed E-state index contributed by atoms with van der Waals surface area (Å²) in [6, 6.07) is 7.40. The molecule has 1 aromatic heterocycles. The van der Waals surface area contributed by atoms with Gasteiger partial charge in [0, 0.05) is 30.8 Å². The van der Waals surface area contributed by atoms with Crippen LogP contribution < -0.4 is 15.4 Å². The predicted molar refractivity (Wildman–Crippen MR) is 87.1 cm³/mol. The molecule has 23 heavy (non-hydrogen) atoms. The van der Waals surface area contributed by atoms with Crippen molar-refractivity contribution in [1.29, 1.82) is 0 Å². The highest BCUT2D eigenvalue weighted by Gasteiger charge is 2.28. The molecule has 2 heterocycles. The minimum atomic E-state index is -0.395. The molecule has 1 aliphatic rings. The van der Waals surface area contributed by atoms with Gasteiger partial charge in [0.1, 0.15) is 11.8 Å². The third-order valence-electron chi connectivity index (χ3n) is 3.90. The van der Waals surface area contributed by atoms with Gasteiger partial charge in [0.25, 0.3) is 0 Å². The molecule has 1 unspecified atom stereocenters. The smallest absolute Gasteiger partial charge is 0.243 e. The Kier molecular flexibility index (Phi) is 4.92. The van der Waals surface area contributed by atoms with E-state index in [0.29, 0.717) is 13.2 Å². The summed E-state index contributed by atoms with van der Waals surface area (Å²) in [5.41, 5.74) is 2.81. The van der Waals surface area contributed by atoms with Crippen LogP contribution in [0.15, 0.2) is 30.6 Å². The molecule has 3 N–H and O–H groups in total. The van der Waals surface area contributed by atoms with Crippen LogP contribution in [0.5, 0.6) is 5.75 Å². The van der Waals surface area contributed by atoms with E-state index >= 15 is 0 Å². The van der Waals surface area contributed by atoms with E-state index in [4.69, 9.17) is 4.74 Å². The second-order valence-corrected chi connectivity index (χ2v) is 5.58. The van der Waals surface area contributed by atoms with Gasteiger partial charge in [-0.05, 0) is 12.5 Å². The highest BCUT2D eigenvalue weighted by Crippen LogP contribution is 2.21. The molecule has 0 radical (unpaired) electrons. The van der Waals surface area contributed by atoms with Crippen molar-refractivity contribution >= 4 is 5.91 Å². The number of nitrogens with one attached hydrogen (secondary N) is 3. The van der Waals surface area contributed by atoms with E-state index in [2.05, 4.69) is 27.5 Å². The number of carbonyl (C=O) groups is 1. The molecule has 6 heteroatoms. The minimum Gasteiger partial charge on any atom is -0.493 e. The van der Waals surface area contributed by atoms with Crippen molar-refractivity contribution in [2.75, 3.05) is 13.2 Å². The fourth-order valence-electron chi connectivity index (χ4n) is 2.72. The van der Waals surface area contributed by atoms with Crippen LogP contribution in [0.25, 0.3) is 0 Å². The van der Waals surface area contributed by atoms with Gasteiger partial charge in [-0.2, -0.15) is 0 Å². The number of aromatic nitrogens is 2. The Labute approximate surface area is 135 Å². The molecule has 1 aromatic carbocycles. The van der Waals surface area contributed by atoms with Crippen molar-refractivity contribution in [3.63, 3.8) is 0 Å². The van der Waals surface area contributed by atoms with Crippen molar-refractivity contribution in [3.8, 4) is 5.75 Å². The molecule has 0 spiro atoms. The lowest BCUT2D eigenvalue weighted by Crippen LogP contribution is -2.41. The Bertz CT molecular complexity index is 668. The number of nitrogens with zero attached hydrogens (tertiary/aromatic N) is 1. The number of rotatable bonds is 6. The van der Waals surface area contributed by atoms with Gasteiger partial charge in [0.2, 0.25) is 5.91 Å². The molecular formula is C17H22N4O2. The fraction of sp³-hybridized carbons (Fsp3) is 0.412. The zero-order valence-electron chi connectivity index (χ0n) is 13.3. The van der Waals surface area contributed by atoms with Gasteiger partial charge in [0.05, 0.1) is 18.6 Å². The second kappa shape index (κ2) is 7.28. The zero-order chi connectivity index (χ0) is 16.1. The number of amides is 1. The van der Waals surface area contributed by atoms with E-state index in [1.54, 1.807) is 6.33 Å². The van der Waals surface area contributed by atoms with E-state index in [1.165, 1.54) is 0 Å². The number of imidazole rings is 1. The molecule has 3 rings (SSSR count). The summed E-state index contributed by atoms with van der Waals surface area (Å²) in [6.07, 6.45) is 3.47. The Morgan fingerprint density at radius 1 is 1.43 bits per heavy atom. The quantitative estimate of drug-likeness (QED) is 0.758. The SMILES string of the molecule is CCCOc1ccccc1CNC(=O)C1NCCc2[nH]cnc21. The van der Waals surface area contributed by atoms with Crippen LogP contribution in [0.2, 0.25) is 0 Å². The number of hydrogen-bond acceptors (Lipinski definition) is 4. The molecule has 0 saturated heterocycles. The Morgan fingerprint density at radius 2 is 2.30 bits per heavy atom. The van der Waals surface area contributed by atoms with Gasteiger partial charge in [-0.3, -0.25) is 4.79 Å². The lowest BCUT2D eigenvalue weighted by atomic mass is 10.0. The van der Waals surface area contributed by atoms with E-state index in [-0.39, 0.29) is 5.91 Å². The number of carbonyl (C=O) groups excluding carboxylic acids is 1. The van der Waals surface area contributed by atoms with Crippen LogP contribution in [0, 0.1) is 0 Å². The molecule has 2 aromatic rings. The average molecular weight is 314 g/mol. The lowest BCUT2D eigenvalue weighted by molar-refractivity contribution is -0.123. The first-order valence-corrected chi connectivity index (χ1v) is 8.03. The maximum absolute atomic E-state index is 12.5. The number of benzene rings is 1. The topological polar surface area (TPSA) is 79.0 Å². The summed E-state index contributed by atoms with van der Waals surface area (Å²) < 4.78 is 5.72. The Morgan fingerprint density at radius 3 is 3.17 bits per heavy atom. The molecule has 1 atom stereocenters. The number of H-pyrrole nitrogens is 1. The summed E-state index contributed by atoms with van der Waals surface area (Å²) in [4.78, 5) is 19.9. The van der Waals surface area contributed by atoms with Crippen molar-refractivity contribution in [3.05, 3.63) is 47.5 Å². The normalized spacial score (nSPS) is 16.7. The fourth-order valence-corrected chi connectivity index (χ4v) is 2.72. The summed E-state index contributed by atoms with van der Waals surface area (Å²) in [7, 11) is 0. The molecular weight excluding hydrogens is 292 g/mol. The molecule has 1 amide bonds. The summed E-state index contributed by atoms with van der Waals surface area (Å²) in [6.45, 7) is 3.95. The van der Waals surface area contributed by atoms with E-state index in [9.17, 15) is 4.79 Å². The van der Waals surface area contributed by atoms with Gasteiger partial charge < -0.3 is 20.4 Å². The number of ether oxygens (including phenoxy) is 1. The predicted octanol–water partition coefficient (Wildman–Crippen LogP) is 1.70. The maximum atomic E-state index is 12.5. The average Bonchev–Trinajstić information content (AvgIpc) is 3.07.